The van der Waals surface area contributed by atoms with Crippen LogP contribution in [0.5, 0.6) is 0 Å². The van der Waals surface area contributed by atoms with E-state index in [9.17, 15) is 4.79 Å². The van der Waals surface area contributed by atoms with Crippen molar-refractivity contribution in [2.75, 3.05) is 0 Å². The topological polar surface area (TPSA) is 29.1 Å². The van der Waals surface area contributed by atoms with Gasteiger partial charge in [-0.15, -0.1) is 0 Å². The van der Waals surface area contributed by atoms with Crippen LogP contribution in [0.3, 0.4) is 0 Å². The zero-order chi connectivity index (χ0) is 23.9. The lowest BCUT2D eigenvalue weighted by molar-refractivity contribution is -0.121. The highest BCUT2D eigenvalue weighted by Gasteiger charge is 2.21. The van der Waals surface area contributed by atoms with E-state index in [0.717, 1.165) is 25.7 Å². The van der Waals surface area contributed by atoms with Gasteiger partial charge in [0.1, 0.15) is 5.78 Å². The van der Waals surface area contributed by atoms with Gasteiger partial charge in [-0.3, -0.25) is 4.79 Å². The molecule has 0 saturated carbocycles. The Bertz CT molecular complexity index is 1400. The summed E-state index contributed by atoms with van der Waals surface area (Å²) in [6, 6.07) is 23.5. The van der Waals surface area contributed by atoms with Gasteiger partial charge in [0, 0.05) is 24.7 Å². The molecule has 0 bridgehead atoms. The number of benzene rings is 3. The minimum absolute atomic E-state index is 0.0493. The number of nitrogens with one attached hydrogen (secondary N) is 1. The highest BCUT2D eigenvalue weighted by atomic mass is 16.1. The minimum Gasteiger partial charge on any atom is -0.368 e. The van der Waals surface area contributed by atoms with E-state index in [1.807, 2.05) is 54.9 Å². The summed E-state index contributed by atoms with van der Waals surface area (Å²) in [6.45, 7) is 0. The van der Waals surface area contributed by atoms with Crippen molar-refractivity contribution in [3.63, 3.8) is 0 Å². The summed E-state index contributed by atoms with van der Waals surface area (Å²) in [4.78, 5) is 12.9. The largest absolute Gasteiger partial charge is 0.368 e. The van der Waals surface area contributed by atoms with E-state index in [2.05, 4.69) is 66.0 Å². The molecule has 0 radical (unpaired) electrons. The summed E-state index contributed by atoms with van der Waals surface area (Å²) in [5.41, 5.74) is 6.68. The lowest BCUT2D eigenvalue weighted by Gasteiger charge is -2.21. The Kier molecular flexibility index (Phi) is 7.19. The molecule has 3 aromatic carbocycles. The van der Waals surface area contributed by atoms with Crippen LogP contribution in [0.4, 0.5) is 0 Å². The van der Waals surface area contributed by atoms with Gasteiger partial charge in [-0.05, 0) is 76.1 Å². The van der Waals surface area contributed by atoms with Crippen LogP contribution in [-0.2, 0) is 24.1 Å². The number of ketones is 1. The first-order chi connectivity index (χ1) is 17.3. The molecule has 174 valence electrons. The number of carbonyl (C=O) groups is 1. The van der Waals surface area contributed by atoms with E-state index in [1.165, 1.54) is 38.3 Å². The zero-order valence-electron chi connectivity index (χ0n) is 20.0. The normalized spacial score (nSPS) is 16.6. The number of hydrogen-bond acceptors (Lipinski definition) is 2. The van der Waals surface area contributed by atoms with Gasteiger partial charge in [-0.25, -0.2) is 0 Å². The summed E-state index contributed by atoms with van der Waals surface area (Å²) in [6.07, 6.45) is 20.6. The summed E-state index contributed by atoms with van der Waals surface area (Å²) in [7, 11) is 0. The van der Waals surface area contributed by atoms with E-state index in [-0.39, 0.29) is 5.92 Å². The second kappa shape index (κ2) is 11.0. The first kappa shape index (κ1) is 22.9. The number of fused-ring (bicyclic) bond motifs is 5. The molecule has 0 aromatic heterocycles. The molecule has 2 nitrogen and oxygen atoms in total. The monoisotopic (exact) mass is 457 g/mol. The van der Waals surface area contributed by atoms with E-state index >= 15 is 0 Å². The lowest BCUT2D eigenvalue weighted by Crippen LogP contribution is -2.37. The zero-order valence-corrected chi connectivity index (χ0v) is 20.0. The predicted molar refractivity (Wildman–Crippen MR) is 146 cm³/mol. The summed E-state index contributed by atoms with van der Waals surface area (Å²) >= 11 is 0. The second-order valence-electron chi connectivity index (χ2n) is 9.20. The fourth-order valence-corrected chi connectivity index (χ4v) is 5.08. The average molecular weight is 458 g/mol. The molecule has 0 fully saturated rings. The Balaban J connectivity index is 0.000000313. The molecule has 1 unspecified atom stereocenters. The maximum Gasteiger partial charge on any atom is 0.140 e. The molecule has 6 rings (SSSR count). The molecule has 0 saturated heterocycles. The third kappa shape index (κ3) is 5.44. The second-order valence-corrected chi connectivity index (χ2v) is 9.20. The molecule has 2 heteroatoms. The molecule has 0 amide bonds. The molecule has 1 heterocycles. The summed E-state index contributed by atoms with van der Waals surface area (Å²) in [5, 5.41) is 5.56. The maximum absolute atomic E-state index is 12.9. The predicted octanol–water partition coefficient (Wildman–Crippen LogP) is 5.41. The van der Waals surface area contributed by atoms with Crippen LogP contribution in [0.1, 0.15) is 29.5 Å². The molecule has 0 spiro atoms. The van der Waals surface area contributed by atoms with Crippen molar-refractivity contribution >= 4 is 17.9 Å². The van der Waals surface area contributed by atoms with Crippen molar-refractivity contribution in [2.24, 2.45) is 5.92 Å². The Labute approximate surface area is 207 Å². The van der Waals surface area contributed by atoms with Crippen molar-refractivity contribution in [1.82, 2.24) is 5.32 Å². The molecule has 3 aromatic rings. The van der Waals surface area contributed by atoms with Gasteiger partial charge in [0.25, 0.3) is 0 Å². The standard InChI is InChI=1S/C27H24O.C6H7N/c28-27(17-10-19-6-2-1-3-7-19)22-12-11-21-14-15-24-23-9-5-4-8-20(23)13-16-25(24)26(21)18-22;1-2-4-6-7-5-3-1/h1-9,14-16,18,22H,10-13,17H2;1-7H. The Morgan fingerprint density at radius 2 is 1.54 bits per heavy atom. The maximum atomic E-state index is 12.9. The fraction of sp³-hybridized carbons (Fsp3) is 0.182. The Hall–Kier alpha value is -3.91. The minimum atomic E-state index is 0.0493. The van der Waals surface area contributed by atoms with E-state index in [0.29, 0.717) is 12.2 Å². The molecular formula is C33H31NO. The van der Waals surface area contributed by atoms with Crippen molar-refractivity contribution in [3.8, 4) is 11.1 Å². The first-order valence-corrected chi connectivity index (χ1v) is 12.5. The van der Waals surface area contributed by atoms with E-state index < -0.39 is 0 Å². The van der Waals surface area contributed by atoms with Gasteiger partial charge in [0.15, 0.2) is 0 Å². The number of hydrogen-bond donors (Lipinski definition) is 1. The molecule has 35 heavy (non-hydrogen) atoms. The van der Waals surface area contributed by atoms with Crippen LogP contribution in [-0.4, -0.2) is 5.78 Å². The van der Waals surface area contributed by atoms with Crippen molar-refractivity contribution < 1.29 is 4.79 Å². The molecular weight excluding hydrogens is 426 g/mol. The van der Waals surface area contributed by atoms with Gasteiger partial charge in [-0.2, -0.15) is 0 Å². The van der Waals surface area contributed by atoms with Gasteiger partial charge < -0.3 is 5.32 Å². The first-order valence-electron chi connectivity index (χ1n) is 12.5. The van der Waals surface area contributed by atoms with Gasteiger partial charge in [-0.1, -0.05) is 91.0 Å². The van der Waals surface area contributed by atoms with Crippen LogP contribution in [0, 0.1) is 5.92 Å². The molecule has 3 aliphatic rings. The van der Waals surface area contributed by atoms with Crippen LogP contribution in [0.2, 0.25) is 0 Å². The van der Waals surface area contributed by atoms with Crippen molar-refractivity contribution in [2.45, 2.75) is 32.1 Å². The lowest BCUT2D eigenvalue weighted by atomic mass is 9.82. The van der Waals surface area contributed by atoms with Crippen molar-refractivity contribution in [3.05, 3.63) is 131 Å². The SMILES string of the molecule is C1=CC=CNC=C1.O=C(CCc1ccccc1)C1C=c2c(ccc3c2=CCc2ccccc2-3)CC1. The summed E-state index contributed by atoms with van der Waals surface area (Å²) < 4.78 is 0. The smallest absolute Gasteiger partial charge is 0.140 e. The highest BCUT2D eigenvalue weighted by Crippen LogP contribution is 2.25. The Morgan fingerprint density at radius 3 is 2.37 bits per heavy atom. The number of aryl methyl sites for hydroxylation is 2. The third-order valence-corrected chi connectivity index (χ3v) is 6.94. The number of rotatable bonds is 4. The highest BCUT2D eigenvalue weighted by molar-refractivity contribution is 5.87. The number of Topliss-reactive ketones (excluding diaryl/α,β-unsaturated/α-hetero) is 1. The van der Waals surface area contributed by atoms with E-state index in [1.54, 1.807) is 0 Å². The average Bonchev–Trinajstić information content (AvgIpc) is 3.25. The molecule has 1 N–H and O–H groups in total. The van der Waals surface area contributed by atoms with Crippen LogP contribution in [0.25, 0.3) is 23.3 Å². The fourth-order valence-electron chi connectivity index (χ4n) is 5.08. The van der Waals surface area contributed by atoms with E-state index in [4.69, 9.17) is 0 Å². The van der Waals surface area contributed by atoms with Gasteiger partial charge in [0.05, 0.1) is 0 Å². The van der Waals surface area contributed by atoms with Crippen LogP contribution in [0.15, 0.2) is 103 Å². The van der Waals surface area contributed by atoms with Crippen molar-refractivity contribution in [1.29, 1.82) is 0 Å². The molecule has 2 aliphatic carbocycles. The number of carbonyl (C=O) groups excluding carboxylic acids is 1. The quantitative estimate of drug-likeness (QED) is 0.568. The van der Waals surface area contributed by atoms with Crippen LogP contribution < -0.4 is 15.8 Å². The van der Waals surface area contributed by atoms with Gasteiger partial charge >= 0.3 is 0 Å². The summed E-state index contributed by atoms with van der Waals surface area (Å²) in [5.74, 6) is 0.427. The van der Waals surface area contributed by atoms with Gasteiger partial charge in [0.2, 0.25) is 0 Å². The Morgan fingerprint density at radius 1 is 0.771 bits per heavy atom. The third-order valence-electron chi connectivity index (χ3n) is 6.94. The molecule has 1 atom stereocenters. The van der Waals surface area contributed by atoms with Crippen LogP contribution >= 0.6 is 0 Å². The molecule has 1 aliphatic heterocycles. The number of allylic oxidation sites excluding steroid dienone is 4.